The lowest BCUT2D eigenvalue weighted by Crippen LogP contribution is -1.94. The zero-order chi connectivity index (χ0) is 9.71. The number of hydrogen-bond acceptors (Lipinski definition) is 1. The SMILES string of the molecule is Cc1cccc2nc3c(n12)CCC3C. The molecule has 2 heterocycles. The molecule has 0 fully saturated rings. The van der Waals surface area contributed by atoms with Gasteiger partial charge in [0.2, 0.25) is 0 Å². The van der Waals surface area contributed by atoms with Crippen LogP contribution in [0, 0.1) is 6.92 Å². The number of fused-ring (bicyclic) bond motifs is 3. The molecule has 2 nitrogen and oxygen atoms in total. The molecule has 0 radical (unpaired) electrons. The number of rotatable bonds is 0. The lowest BCUT2D eigenvalue weighted by Gasteiger charge is -2.01. The van der Waals surface area contributed by atoms with E-state index in [0.29, 0.717) is 5.92 Å². The fourth-order valence-electron chi connectivity index (χ4n) is 2.47. The highest BCUT2D eigenvalue weighted by Crippen LogP contribution is 2.32. The fourth-order valence-corrected chi connectivity index (χ4v) is 2.47. The lowest BCUT2D eigenvalue weighted by molar-refractivity contribution is 0.725. The molecule has 1 aliphatic carbocycles. The maximum absolute atomic E-state index is 4.70. The summed E-state index contributed by atoms with van der Waals surface area (Å²) in [6.07, 6.45) is 2.44. The van der Waals surface area contributed by atoms with Gasteiger partial charge in [-0.1, -0.05) is 13.0 Å². The molecule has 72 valence electrons. The second-order valence-electron chi connectivity index (χ2n) is 4.24. The Bertz CT molecular complexity index is 496. The van der Waals surface area contributed by atoms with Gasteiger partial charge in [0.15, 0.2) is 0 Å². The highest BCUT2D eigenvalue weighted by Gasteiger charge is 2.24. The van der Waals surface area contributed by atoms with Crippen LogP contribution in [-0.4, -0.2) is 9.38 Å². The number of pyridine rings is 1. The molecule has 0 amide bonds. The van der Waals surface area contributed by atoms with Crippen LogP contribution in [0.5, 0.6) is 0 Å². The van der Waals surface area contributed by atoms with E-state index >= 15 is 0 Å². The molecule has 14 heavy (non-hydrogen) atoms. The number of aromatic nitrogens is 2. The summed E-state index contributed by atoms with van der Waals surface area (Å²) in [4.78, 5) is 4.70. The molecule has 1 aliphatic rings. The molecule has 3 rings (SSSR count). The van der Waals surface area contributed by atoms with E-state index in [2.05, 4.69) is 36.4 Å². The van der Waals surface area contributed by atoms with Crippen LogP contribution in [0.4, 0.5) is 0 Å². The Morgan fingerprint density at radius 3 is 3.14 bits per heavy atom. The van der Waals surface area contributed by atoms with Crippen molar-refractivity contribution in [3.05, 3.63) is 35.3 Å². The van der Waals surface area contributed by atoms with E-state index in [1.54, 1.807) is 0 Å². The van der Waals surface area contributed by atoms with E-state index in [1.165, 1.54) is 29.9 Å². The summed E-state index contributed by atoms with van der Waals surface area (Å²) in [7, 11) is 0. The van der Waals surface area contributed by atoms with Gasteiger partial charge in [0.25, 0.3) is 0 Å². The standard InChI is InChI=1S/C12H14N2/c1-8-6-7-10-12(8)13-11-5-3-4-9(2)14(10)11/h3-5,8H,6-7H2,1-2H3. The predicted molar refractivity (Wildman–Crippen MR) is 56.7 cm³/mol. The zero-order valence-corrected chi connectivity index (χ0v) is 8.62. The van der Waals surface area contributed by atoms with Gasteiger partial charge in [-0.2, -0.15) is 0 Å². The quantitative estimate of drug-likeness (QED) is 0.618. The first kappa shape index (κ1) is 8.04. The highest BCUT2D eigenvalue weighted by molar-refractivity contribution is 5.47. The van der Waals surface area contributed by atoms with E-state index in [0.717, 1.165) is 5.65 Å². The van der Waals surface area contributed by atoms with Crippen LogP contribution in [0.2, 0.25) is 0 Å². The molecule has 0 bridgehead atoms. The van der Waals surface area contributed by atoms with Gasteiger partial charge in [-0.3, -0.25) is 0 Å². The van der Waals surface area contributed by atoms with Crippen LogP contribution in [0.1, 0.15) is 36.3 Å². The summed E-state index contributed by atoms with van der Waals surface area (Å²) in [6, 6.07) is 6.33. The Labute approximate surface area is 83.6 Å². The van der Waals surface area contributed by atoms with Gasteiger partial charge in [-0.25, -0.2) is 4.98 Å². The summed E-state index contributed by atoms with van der Waals surface area (Å²) in [6.45, 7) is 4.42. The van der Waals surface area contributed by atoms with Crippen molar-refractivity contribution in [2.24, 2.45) is 0 Å². The minimum Gasteiger partial charge on any atom is -0.301 e. The van der Waals surface area contributed by atoms with Crippen LogP contribution in [0.15, 0.2) is 18.2 Å². The number of imidazole rings is 1. The molecular weight excluding hydrogens is 172 g/mol. The van der Waals surface area contributed by atoms with Gasteiger partial charge in [0.05, 0.1) is 5.69 Å². The fraction of sp³-hybridized carbons (Fsp3) is 0.417. The first-order valence-electron chi connectivity index (χ1n) is 5.24. The maximum Gasteiger partial charge on any atom is 0.137 e. The van der Waals surface area contributed by atoms with Crippen molar-refractivity contribution in [1.82, 2.24) is 9.38 Å². The van der Waals surface area contributed by atoms with Gasteiger partial charge in [-0.05, 0) is 31.9 Å². The first-order chi connectivity index (χ1) is 6.77. The van der Waals surface area contributed by atoms with Gasteiger partial charge in [0, 0.05) is 17.3 Å². The van der Waals surface area contributed by atoms with Crippen LogP contribution in [0.3, 0.4) is 0 Å². The molecule has 2 aromatic heterocycles. The summed E-state index contributed by atoms with van der Waals surface area (Å²) >= 11 is 0. The normalized spacial score (nSPS) is 20.3. The van der Waals surface area contributed by atoms with E-state index in [1.807, 2.05) is 0 Å². The van der Waals surface area contributed by atoms with Gasteiger partial charge in [0.1, 0.15) is 5.65 Å². The third-order valence-electron chi connectivity index (χ3n) is 3.25. The molecule has 0 N–H and O–H groups in total. The second kappa shape index (κ2) is 2.59. The van der Waals surface area contributed by atoms with Crippen molar-refractivity contribution in [2.45, 2.75) is 32.6 Å². The average Bonchev–Trinajstić information content (AvgIpc) is 2.68. The molecule has 1 unspecified atom stereocenters. The maximum atomic E-state index is 4.70. The van der Waals surface area contributed by atoms with Crippen molar-refractivity contribution in [3.63, 3.8) is 0 Å². The summed E-state index contributed by atoms with van der Waals surface area (Å²) in [5.74, 6) is 0.643. The lowest BCUT2D eigenvalue weighted by atomic mass is 10.1. The molecule has 0 saturated heterocycles. The van der Waals surface area contributed by atoms with Gasteiger partial charge < -0.3 is 4.40 Å². The van der Waals surface area contributed by atoms with E-state index in [9.17, 15) is 0 Å². The summed E-state index contributed by atoms with van der Waals surface area (Å²) < 4.78 is 2.30. The van der Waals surface area contributed by atoms with Gasteiger partial charge in [-0.15, -0.1) is 0 Å². The van der Waals surface area contributed by atoms with Crippen LogP contribution in [0.25, 0.3) is 5.65 Å². The Morgan fingerprint density at radius 2 is 2.29 bits per heavy atom. The molecule has 0 aliphatic heterocycles. The largest absolute Gasteiger partial charge is 0.301 e. The minimum atomic E-state index is 0.643. The summed E-state index contributed by atoms with van der Waals surface area (Å²) in [5.41, 5.74) is 5.16. The minimum absolute atomic E-state index is 0.643. The Balaban J connectivity index is 2.41. The first-order valence-corrected chi connectivity index (χ1v) is 5.24. The topological polar surface area (TPSA) is 17.3 Å². The highest BCUT2D eigenvalue weighted by atomic mass is 15.0. The number of aryl methyl sites for hydroxylation is 2. The summed E-state index contributed by atoms with van der Waals surface area (Å²) in [5, 5.41) is 0. The zero-order valence-electron chi connectivity index (χ0n) is 8.62. The van der Waals surface area contributed by atoms with Crippen molar-refractivity contribution < 1.29 is 0 Å². The van der Waals surface area contributed by atoms with E-state index < -0.39 is 0 Å². The number of hydrogen-bond donors (Lipinski definition) is 0. The average molecular weight is 186 g/mol. The van der Waals surface area contributed by atoms with Crippen molar-refractivity contribution in [3.8, 4) is 0 Å². The van der Waals surface area contributed by atoms with Crippen LogP contribution in [-0.2, 0) is 6.42 Å². The molecule has 0 aromatic carbocycles. The Hall–Kier alpha value is -1.31. The van der Waals surface area contributed by atoms with Crippen LogP contribution < -0.4 is 0 Å². The van der Waals surface area contributed by atoms with E-state index in [-0.39, 0.29) is 0 Å². The van der Waals surface area contributed by atoms with Crippen LogP contribution >= 0.6 is 0 Å². The van der Waals surface area contributed by atoms with E-state index in [4.69, 9.17) is 4.98 Å². The Morgan fingerprint density at radius 1 is 1.43 bits per heavy atom. The monoisotopic (exact) mass is 186 g/mol. The van der Waals surface area contributed by atoms with Crippen molar-refractivity contribution in [2.75, 3.05) is 0 Å². The Kier molecular flexibility index (Phi) is 1.49. The molecule has 2 heteroatoms. The third kappa shape index (κ3) is 0.884. The molecule has 1 atom stereocenters. The third-order valence-corrected chi connectivity index (χ3v) is 3.25. The molecule has 0 spiro atoms. The van der Waals surface area contributed by atoms with Crippen molar-refractivity contribution >= 4 is 5.65 Å². The van der Waals surface area contributed by atoms with Crippen molar-refractivity contribution in [1.29, 1.82) is 0 Å². The van der Waals surface area contributed by atoms with Gasteiger partial charge >= 0.3 is 0 Å². The molecular formula is C12H14N2. The molecule has 2 aromatic rings. The molecule has 0 saturated carbocycles. The predicted octanol–water partition coefficient (Wildman–Crippen LogP) is 2.69. The second-order valence-corrected chi connectivity index (χ2v) is 4.24. The number of nitrogens with zero attached hydrogens (tertiary/aromatic N) is 2. The smallest absolute Gasteiger partial charge is 0.137 e.